The molecule has 1 aliphatic heterocycles. The Hall–Kier alpha value is -1.47. The fourth-order valence-electron chi connectivity index (χ4n) is 4.51. The number of unbranched alkanes of at least 4 members (excludes halogenated alkanes) is 2. The van der Waals surface area contributed by atoms with Crippen molar-refractivity contribution in [2.75, 3.05) is 0 Å². The van der Waals surface area contributed by atoms with Crippen molar-refractivity contribution in [3.05, 3.63) is 12.2 Å². The molecule has 2 fully saturated rings. The Kier molecular flexibility index (Phi) is 8.89. The average Bonchev–Trinajstić information content (AvgIpc) is 3.18. The standard InChI is InChI=1S/C21H33FO6/c1-2-3-7-17(22)18(23)10-9-14-15-11-13(6-4-5-8-20(24)25)28-19(15)12-16(14)21(26)27/h9-10,13-19,23H,2-8,11-12H2,1H3,(H,24,25)(H,26,27)/b10-9+/t13-,14-,15+,16+,17?,18+,19-/m0/s1. The summed E-state index contributed by atoms with van der Waals surface area (Å²) < 4.78 is 20.0. The first-order chi connectivity index (χ1) is 13.3. The van der Waals surface area contributed by atoms with Crippen LogP contribution in [0, 0.1) is 17.8 Å². The number of fused-ring (bicyclic) bond motifs is 1. The molecule has 1 heterocycles. The van der Waals surface area contributed by atoms with Gasteiger partial charge in [0.05, 0.1) is 18.1 Å². The lowest BCUT2D eigenvalue weighted by Gasteiger charge is -2.19. The molecular formula is C21H33FO6. The Balaban J connectivity index is 1.92. The van der Waals surface area contributed by atoms with Crippen molar-refractivity contribution in [2.45, 2.75) is 89.2 Å². The van der Waals surface area contributed by atoms with E-state index in [0.717, 1.165) is 25.7 Å². The van der Waals surface area contributed by atoms with Gasteiger partial charge in [-0.2, -0.15) is 0 Å². The van der Waals surface area contributed by atoms with Crippen LogP contribution in [-0.4, -0.2) is 51.7 Å². The van der Waals surface area contributed by atoms with Crippen LogP contribution in [0.5, 0.6) is 0 Å². The number of hydrogen-bond donors (Lipinski definition) is 3. The molecule has 7 atom stereocenters. The van der Waals surface area contributed by atoms with Crippen molar-refractivity contribution in [3.8, 4) is 0 Å². The fourth-order valence-corrected chi connectivity index (χ4v) is 4.51. The first-order valence-corrected chi connectivity index (χ1v) is 10.4. The van der Waals surface area contributed by atoms with E-state index in [0.29, 0.717) is 25.7 Å². The van der Waals surface area contributed by atoms with Gasteiger partial charge in [-0.15, -0.1) is 0 Å². The van der Waals surface area contributed by atoms with Gasteiger partial charge in [0.15, 0.2) is 0 Å². The van der Waals surface area contributed by atoms with Gasteiger partial charge in [-0.3, -0.25) is 9.59 Å². The predicted octanol–water partition coefficient (Wildman–Crippen LogP) is 3.57. The molecule has 160 valence electrons. The van der Waals surface area contributed by atoms with E-state index in [1.54, 1.807) is 6.08 Å². The molecule has 6 nitrogen and oxygen atoms in total. The molecule has 3 N–H and O–H groups in total. The molecule has 0 amide bonds. The van der Waals surface area contributed by atoms with Crippen molar-refractivity contribution in [1.29, 1.82) is 0 Å². The number of ether oxygens (including phenoxy) is 1. The largest absolute Gasteiger partial charge is 0.481 e. The number of carbonyl (C=O) groups is 2. The number of aliphatic hydroxyl groups is 1. The minimum absolute atomic E-state index is 0.0119. The van der Waals surface area contributed by atoms with Crippen LogP contribution in [0.25, 0.3) is 0 Å². The summed E-state index contributed by atoms with van der Waals surface area (Å²) in [5, 5.41) is 28.3. The van der Waals surface area contributed by atoms with Crippen LogP contribution in [0.1, 0.15) is 64.7 Å². The molecule has 2 aliphatic rings. The first-order valence-electron chi connectivity index (χ1n) is 10.4. The Labute approximate surface area is 165 Å². The summed E-state index contributed by atoms with van der Waals surface area (Å²) in [4.78, 5) is 22.2. The number of hydrogen-bond acceptors (Lipinski definition) is 4. The van der Waals surface area contributed by atoms with Gasteiger partial charge >= 0.3 is 11.9 Å². The van der Waals surface area contributed by atoms with Crippen LogP contribution in [0.4, 0.5) is 4.39 Å². The highest BCUT2D eigenvalue weighted by Crippen LogP contribution is 2.48. The minimum atomic E-state index is -1.33. The number of allylic oxidation sites excluding steroid dienone is 1. The Morgan fingerprint density at radius 3 is 2.61 bits per heavy atom. The topological polar surface area (TPSA) is 104 Å². The number of halogens is 1. The van der Waals surface area contributed by atoms with Crippen molar-refractivity contribution in [1.82, 2.24) is 0 Å². The normalized spacial score (nSPS) is 31.8. The highest BCUT2D eigenvalue weighted by molar-refractivity contribution is 5.71. The molecule has 0 aromatic rings. The number of rotatable bonds is 12. The molecule has 1 saturated carbocycles. The van der Waals surface area contributed by atoms with Gasteiger partial charge in [0.2, 0.25) is 0 Å². The van der Waals surface area contributed by atoms with E-state index in [-0.39, 0.29) is 30.5 Å². The summed E-state index contributed by atoms with van der Waals surface area (Å²) in [6.45, 7) is 1.96. The van der Waals surface area contributed by atoms with Gasteiger partial charge in [0.1, 0.15) is 12.3 Å². The van der Waals surface area contributed by atoms with Gasteiger partial charge < -0.3 is 20.1 Å². The number of aliphatic hydroxyl groups excluding tert-OH is 1. The fraction of sp³-hybridized carbons (Fsp3) is 0.810. The van der Waals surface area contributed by atoms with E-state index >= 15 is 0 Å². The monoisotopic (exact) mass is 400 g/mol. The summed E-state index contributed by atoms with van der Waals surface area (Å²) >= 11 is 0. The van der Waals surface area contributed by atoms with Gasteiger partial charge in [-0.25, -0.2) is 4.39 Å². The highest BCUT2D eigenvalue weighted by atomic mass is 19.1. The summed E-state index contributed by atoms with van der Waals surface area (Å²) in [5.41, 5.74) is 0. The van der Waals surface area contributed by atoms with Crippen molar-refractivity contribution in [2.24, 2.45) is 17.8 Å². The van der Waals surface area contributed by atoms with Crippen LogP contribution < -0.4 is 0 Å². The zero-order valence-corrected chi connectivity index (χ0v) is 16.5. The van der Waals surface area contributed by atoms with E-state index in [4.69, 9.17) is 9.84 Å². The van der Waals surface area contributed by atoms with E-state index in [2.05, 4.69) is 0 Å². The van der Waals surface area contributed by atoms with Crippen LogP contribution in [0.2, 0.25) is 0 Å². The maximum Gasteiger partial charge on any atom is 0.307 e. The van der Waals surface area contributed by atoms with Gasteiger partial charge in [-0.1, -0.05) is 38.3 Å². The second-order valence-corrected chi connectivity index (χ2v) is 8.13. The maximum atomic E-state index is 14.0. The molecular weight excluding hydrogens is 367 g/mol. The van der Waals surface area contributed by atoms with Gasteiger partial charge in [-0.05, 0) is 43.9 Å². The molecule has 0 aromatic heterocycles. The van der Waals surface area contributed by atoms with Crippen molar-refractivity contribution in [3.63, 3.8) is 0 Å². The lowest BCUT2D eigenvalue weighted by atomic mass is 9.85. The molecule has 0 aromatic carbocycles. The minimum Gasteiger partial charge on any atom is -0.481 e. The van der Waals surface area contributed by atoms with E-state index in [9.17, 15) is 24.2 Å². The predicted molar refractivity (Wildman–Crippen MR) is 102 cm³/mol. The third-order valence-corrected chi connectivity index (χ3v) is 6.04. The smallest absolute Gasteiger partial charge is 0.307 e. The summed E-state index contributed by atoms with van der Waals surface area (Å²) in [7, 11) is 0. The first kappa shape index (κ1) is 22.8. The molecule has 28 heavy (non-hydrogen) atoms. The van der Waals surface area contributed by atoms with Crippen LogP contribution >= 0.6 is 0 Å². The Morgan fingerprint density at radius 1 is 1.21 bits per heavy atom. The third-order valence-electron chi connectivity index (χ3n) is 6.04. The maximum absolute atomic E-state index is 14.0. The van der Waals surface area contributed by atoms with E-state index in [1.165, 1.54) is 6.08 Å². The van der Waals surface area contributed by atoms with E-state index < -0.39 is 30.1 Å². The molecule has 0 spiro atoms. The summed E-state index contributed by atoms with van der Waals surface area (Å²) in [5.74, 6) is -2.51. The van der Waals surface area contributed by atoms with Crippen LogP contribution in [0.3, 0.4) is 0 Å². The Morgan fingerprint density at radius 2 is 1.96 bits per heavy atom. The molecule has 0 radical (unpaired) electrons. The molecule has 1 saturated heterocycles. The zero-order valence-electron chi connectivity index (χ0n) is 16.5. The molecule has 1 unspecified atom stereocenters. The van der Waals surface area contributed by atoms with Crippen LogP contribution in [0.15, 0.2) is 12.2 Å². The quantitative estimate of drug-likeness (QED) is 0.342. The number of carboxylic acids is 2. The van der Waals surface area contributed by atoms with E-state index in [1.807, 2.05) is 6.92 Å². The number of carboxylic acid groups (broad SMARTS) is 2. The van der Waals surface area contributed by atoms with Gasteiger partial charge in [0.25, 0.3) is 0 Å². The number of alkyl halides is 1. The average molecular weight is 400 g/mol. The molecule has 0 bridgehead atoms. The molecule has 1 aliphatic carbocycles. The van der Waals surface area contributed by atoms with Crippen molar-refractivity contribution < 1.29 is 34.0 Å². The third kappa shape index (κ3) is 6.27. The zero-order chi connectivity index (χ0) is 20.7. The lowest BCUT2D eigenvalue weighted by molar-refractivity contribution is -0.143. The van der Waals surface area contributed by atoms with Crippen LogP contribution in [-0.2, 0) is 14.3 Å². The van der Waals surface area contributed by atoms with Crippen molar-refractivity contribution >= 4 is 11.9 Å². The summed E-state index contributed by atoms with van der Waals surface area (Å²) in [6.07, 6.45) is 5.70. The van der Waals surface area contributed by atoms with Gasteiger partial charge in [0, 0.05) is 6.42 Å². The second kappa shape index (κ2) is 10.9. The highest BCUT2D eigenvalue weighted by Gasteiger charge is 2.50. The Bertz CT molecular complexity index is 551. The second-order valence-electron chi connectivity index (χ2n) is 8.13. The number of aliphatic carboxylic acids is 2. The lowest BCUT2D eigenvalue weighted by Crippen LogP contribution is -2.24. The SMILES string of the molecule is CCCCC(F)[C@H](O)/C=C/[C@H]1[C@H]2C[C@H](CCCCC(=O)O)O[C@H]2C[C@H]1C(=O)O. The molecule has 2 rings (SSSR count). The summed E-state index contributed by atoms with van der Waals surface area (Å²) in [6, 6.07) is 0. The molecule has 7 heteroatoms.